The number of likely N-dealkylation sites (tertiary alicyclic amines) is 1. The zero-order valence-corrected chi connectivity index (χ0v) is 15.5. The van der Waals surface area contributed by atoms with Crippen LogP contribution in [0.3, 0.4) is 0 Å². The molecule has 2 aliphatic rings. The number of aryl methyl sites for hydroxylation is 1. The standard InChI is InChI=1S/C19H27N3O4/c1-14-4-5-15(10-16(14)25-9-3-7-20)18(24)22-8-6-19(13-22)12-21(2)17(23)11-26-19/h4-5,10H,3,6-9,11-13,20H2,1-2H3/t19-/m1/s1. The lowest BCUT2D eigenvalue weighted by Gasteiger charge is -2.38. The highest BCUT2D eigenvalue weighted by Crippen LogP contribution is 2.30. The minimum absolute atomic E-state index is 0.0156. The first-order chi connectivity index (χ1) is 12.4. The summed E-state index contributed by atoms with van der Waals surface area (Å²) in [6.07, 6.45) is 1.51. The van der Waals surface area contributed by atoms with Crippen molar-refractivity contribution in [1.82, 2.24) is 9.80 Å². The second kappa shape index (κ2) is 7.63. The van der Waals surface area contributed by atoms with Crippen LogP contribution < -0.4 is 10.5 Å². The minimum Gasteiger partial charge on any atom is -0.493 e. The van der Waals surface area contributed by atoms with Crippen LogP contribution in [0.25, 0.3) is 0 Å². The monoisotopic (exact) mass is 361 g/mol. The lowest BCUT2D eigenvalue weighted by atomic mass is 10.0. The molecule has 1 aromatic carbocycles. The fourth-order valence-corrected chi connectivity index (χ4v) is 3.49. The molecule has 1 spiro atoms. The molecule has 0 aliphatic carbocycles. The van der Waals surface area contributed by atoms with Gasteiger partial charge in [0.05, 0.1) is 19.7 Å². The molecule has 2 aliphatic heterocycles. The fourth-order valence-electron chi connectivity index (χ4n) is 3.49. The molecule has 3 rings (SSSR count). The SMILES string of the molecule is Cc1ccc(C(=O)N2CC[C@@]3(CN(C)C(=O)CO3)C2)cc1OCCCN. The maximum Gasteiger partial charge on any atom is 0.254 e. The number of carbonyl (C=O) groups is 2. The van der Waals surface area contributed by atoms with E-state index in [9.17, 15) is 9.59 Å². The number of rotatable bonds is 5. The van der Waals surface area contributed by atoms with Crippen molar-refractivity contribution in [1.29, 1.82) is 0 Å². The Bertz CT molecular complexity index is 693. The fraction of sp³-hybridized carbons (Fsp3) is 0.579. The number of amides is 2. The number of carbonyl (C=O) groups excluding carboxylic acids is 2. The van der Waals surface area contributed by atoms with Crippen molar-refractivity contribution in [2.75, 3.05) is 46.4 Å². The van der Waals surface area contributed by atoms with E-state index in [-0.39, 0.29) is 18.4 Å². The van der Waals surface area contributed by atoms with E-state index in [1.54, 1.807) is 22.9 Å². The third-order valence-corrected chi connectivity index (χ3v) is 5.10. The highest BCUT2D eigenvalue weighted by molar-refractivity contribution is 5.95. The van der Waals surface area contributed by atoms with Gasteiger partial charge in [-0.15, -0.1) is 0 Å². The Labute approximate surface area is 154 Å². The van der Waals surface area contributed by atoms with Crippen molar-refractivity contribution >= 4 is 11.8 Å². The number of benzene rings is 1. The molecule has 142 valence electrons. The van der Waals surface area contributed by atoms with Crippen molar-refractivity contribution in [2.45, 2.75) is 25.4 Å². The van der Waals surface area contributed by atoms with Crippen LogP contribution in [0, 0.1) is 6.92 Å². The molecule has 2 N–H and O–H groups in total. The van der Waals surface area contributed by atoms with Gasteiger partial charge in [0.25, 0.3) is 5.91 Å². The molecule has 0 unspecified atom stereocenters. The van der Waals surface area contributed by atoms with Gasteiger partial charge in [-0.3, -0.25) is 9.59 Å². The predicted octanol–water partition coefficient (Wildman–Crippen LogP) is 0.796. The van der Waals surface area contributed by atoms with Crippen molar-refractivity contribution in [3.8, 4) is 5.75 Å². The van der Waals surface area contributed by atoms with Crippen LogP contribution in [0.15, 0.2) is 18.2 Å². The van der Waals surface area contributed by atoms with E-state index in [2.05, 4.69) is 0 Å². The van der Waals surface area contributed by atoms with Gasteiger partial charge in [0, 0.05) is 19.2 Å². The van der Waals surface area contributed by atoms with E-state index >= 15 is 0 Å². The topological polar surface area (TPSA) is 85.1 Å². The van der Waals surface area contributed by atoms with E-state index in [4.69, 9.17) is 15.2 Å². The first kappa shape index (κ1) is 18.7. The van der Waals surface area contributed by atoms with Gasteiger partial charge in [-0.2, -0.15) is 0 Å². The number of nitrogens with zero attached hydrogens (tertiary/aromatic N) is 2. The van der Waals surface area contributed by atoms with E-state index in [0.717, 1.165) is 24.2 Å². The third-order valence-electron chi connectivity index (χ3n) is 5.10. The highest BCUT2D eigenvalue weighted by atomic mass is 16.5. The summed E-state index contributed by atoms with van der Waals surface area (Å²) in [6, 6.07) is 5.53. The molecule has 0 bridgehead atoms. The number of likely N-dealkylation sites (N-methyl/N-ethyl adjacent to an activating group) is 1. The largest absolute Gasteiger partial charge is 0.493 e. The zero-order chi connectivity index (χ0) is 18.7. The molecule has 0 aromatic heterocycles. The van der Waals surface area contributed by atoms with E-state index in [1.807, 2.05) is 19.1 Å². The summed E-state index contributed by atoms with van der Waals surface area (Å²) in [5, 5.41) is 0. The molecule has 26 heavy (non-hydrogen) atoms. The summed E-state index contributed by atoms with van der Waals surface area (Å²) in [7, 11) is 1.78. The van der Waals surface area contributed by atoms with E-state index < -0.39 is 5.60 Å². The second-order valence-corrected chi connectivity index (χ2v) is 7.17. The van der Waals surface area contributed by atoms with Gasteiger partial charge in [-0.1, -0.05) is 6.07 Å². The number of hydrogen-bond acceptors (Lipinski definition) is 5. The summed E-state index contributed by atoms with van der Waals surface area (Å²) >= 11 is 0. The smallest absolute Gasteiger partial charge is 0.254 e. The minimum atomic E-state index is -0.441. The van der Waals surface area contributed by atoms with Gasteiger partial charge in [0.2, 0.25) is 5.91 Å². The third kappa shape index (κ3) is 3.83. The van der Waals surface area contributed by atoms with Gasteiger partial charge >= 0.3 is 0 Å². The van der Waals surface area contributed by atoms with Crippen LogP contribution in [0.1, 0.15) is 28.8 Å². The van der Waals surface area contributed by atoms with Crippen LogP contribution in [-0.2, 0) is 9.53 Å². The lowest BCUT2D eigenvalue weighted by Crippen LogP contribution is -2.54. The Morgan fingerprint density at radius 1 is 1.38 bits per heavy atom. The average molecular weight is 361 g/mol. The molecule has 2 fully saturated rings. The number of hydrogen-bond donors (Lipinski definition) is 1. The summed E-state index contributed by atoms with van der Waals surface area (Å²) in [6.45, 7) is 4.80. The maximum absolute atomic E-state index is 12.9. The Hall–Kier alpha value is -2.12. The van der Waals surface area contributed by atoms with Crippen LogP contribution in [0.2, 0.25) is 0 Å². The van der Waals surface area contributed by atoms with Crippen LogP contribution >= 0.6 is 0 Å². The van der Waals surface area contributed by atoms with E-state index in [1.165, 1.54) is 0 Å². The maximum atomic E-state index is 12.9. The quantitative estimate of drug-likeness (QED) is 0.784. The Morgan fingerprint density at radius 2 is 2.19 bits per heavy atom. The van der Waals surface area contributed by atoms with Gasteiger partial charge in [0.15, 0.2) is 0 Å². The molecule has 2 saturated heterocycles. The normalized spacial score (nSPS) is 23.0. The van der Waals surface area contributed by atoms with Crippen LogP contribution in [0.4, 0.5) is 0 Å². The van der Waals surface area contributed by atoms with Crippen LogP contribution in [-0.4, -0.2) is 73.7 Å². The summed E-state index contributed by atoms with van der Waals surface area (Å²) in [5.74, 6) is 0.671. The molecule has 7 heteroatoms. The number of ether oxygens (including phenoxy) is 2. The molecule has 1 aromatic rings. The first-order valence-electron chi connectivity index (χ1n) is 9.05. The molecular weight excluding hydrogens is 334 g/mol. The Kier molecular flexibility index (Phi) is 5.48. The number of morpholine rings is 1. The highest BCUT2D eigenvalue weighted by Gasteiger charge is 2.45. The first-order valence-corrected chi connectivity index (χ1v) is 9.05. The van der Waals surface area contributed by atoms with E-state index in [0.29, 0.717) is 38.3 Å². The second-order valence-electron chi connectivity index (χ2n) is 7.17. The van der Waals surface area contributed by atoms with Gasteiger partial charge in [-0.05, 0) is 44.0 Å². The van der Waals surface area contributed by atoms with Gasteiger partial charge in [0.1, 0.15) is 18.0 Å². The van der Waals surface area contributed by atoms with Crippen molar-refractivity contribution in [3.63, 3.8) is 0 Å². The summed E-state index contributed by atoms with van der Waals surface area (Å²) in [4.78, 5) is 28.1. The lowest BCUT2D eigenvalue weighted by molar-refractivity contribution is -0.158. The molecular formula is C19H27N3O4. The Morgan fingerprint density at radius 3 is 2.92 bits per heavy atom. The summed E-state index contributed by atoms with van der Waals surface area (Å²) < 4.78 is 11.6. The average Bonchev–Trinajstić information content (AvgIpc) is 3.03. The molecule has 0 radical (unpaired) electrons. The Balaban J connectivity index is 1.68. The molecule has 2 amide bonds. The van der Waals surface area contributed by atoms with Crippen molar-refractivity contribution in [2.24, 2.45) is 5.73 Å². The zero-order valence-electron chi connectivity index (χ0n) is 15.5. The predicted molar refractivity (Wildman–Crippen MR) is 97.2 cm³/mol. The van der Waals surface area contributed by atoms with Crippen molar-refractivity contribution < 1.29 is 19.1 Å². The molecule has 7 nitrogen and oxygen atoms in total. The van der Waals surface area contributed by atoms with Gasteiger partial charge < -0.3 is 25.0 Å². The molecule has 0 saturated carbocycles. The van der Waals surface area contributed by atoms with Gasteiger partial charge in [-0.25, -0.2) is 0 Å². The summed E-state index contributed by atoms with van der Waals surface area (Å²) in [5.41, 5.74) is 6.66. The molecule has 2 heterocycles. The van der Waals surface area contributed by atoms with Crippen molar-refractivity contribution in [3.05, 3.63) is 29.3 Å². The number of nitrogens with two attached hydrogens (primary N) is 1. The van der Waals surface area contributed by atoms with Crippen LogP contribution in [0.5, 0.6) is 5.75 Å². The molecule has 1 atom stereocenters.